The fraction of sp³-hybridized carbons (Fsp3) is 0.500. The molecule has 0 aliphatic heterocycles. The largest absolute Gasteiger partial charge is 0.492 e. The molecule has 1 atom stereocenters. The molecule has 1 aromatic rings. The Balaban J connectivity index is 3.01. The van der Waals surface area contributed by atoms with Gasteiger partial charge in [-0.2, -0.15) is 22.0 Å². The van der Waals surface area contributed by atoms with E-state index in [-0.39, 0.29) is 5.56 Å². The van der Waals surface area contributed by atoms with Gasteiger partial charge < -0.3 is 4.74 Å². The van der Waals surface area contributed by atoms with E-state index in [9.17, 15) is 22.0 Å². The minimum absolute atomic E-state index is 0.192. The number of halogens is 7. The maximum absolute atomic E-state index is 13.2. The number of hydrogen-bond donors (Lipinski definition) is 0. The van der Waals surface area contributed by atoms with Crippen LogP contribution < -0.4 is 4.74 Å². The van der Waals surface area contributed by atoms with Crippen molar-refractivity contribution in [2.45, 2.75) is 30.3 Å². The summed E-state index contributed by atoms with van der Waals surface area (Å²) in [5, 5.41) is 0. The molecule has 0 spiro atoms. The lowest BCUT2D eigenvalue weighted by Crippen LogP contribution is -2.39. The highest BCUT2D eigenvalue weighted by Crippen LogP contribution is 2.49. The summed E-state index contributed by atoms with van der Waals surface area (Å²) in [5.41, 5.74) is -0.192. The smallest absolute Gasteiger partial charge is 0.454 e. The van der Waals surface area contributed by atoms with Crippen molar-refractivity contribution in [1.82, 2.24) is 0 Å². The second kappa shape index (κ2) is 6.60. The normalized spacial score (nSPS) is 14.2. The molecule has 0 fully saturated rings. The number of hydrogen-bond acceptors (Lipinski definition) is 1. The zero-order chi connectivity index (χ0) is 15.6. The molecule has 1 nitrogen and oxygen atoms in total. The second-order valence-electron chi connectivity index (χ2n) is 4.02. The zero-order valence-electron chi connectivity index (χ0n) is 10.3. The molecule has 0 N–H and O–H groups in total. The lowest BCUT2D eigenvalue weighted by molar-refractivity contribution is -0.281. The number of alkyl halides is 6. The van der Waals surface area contributed by atoms with Gasteiger partial charge in [-0.1, -0.05) is 28.9 Å². The molecule has 0 aliphatic carbocycles. The molecular formula is C12H11Br2F5O. The Morgan fingerprint density at radius 3 is 2.25 bits per heavy atom. The van der Waals surface area contributed by atoms with Crippen molar-refractivity contribution >= 4 is 31.9 Å². The van der Waals surface area contributed by atoms with Crippen LogP contribution in [0.4, 0.5) is 22.0 Å². The highest BCUT2D eigenvalue weighted by atomic mass is 79.9. The average Bonchev–Trinajstić information content (AvgIpc) is 2.35. The molecule has 0 aliphatic rings. The molecule has 0 bridgehead atoms. The Kier molecular flexibility index (Phi) is 5.83. The lowest BCUT2D eigenvalue weighted by atomic mass is 10.1. The van der Waals surface area contributed by atoms with Crippen molar-refractivity contribution in [3.8, 4) is 5.75 Å². The molecule has 0 radical (unpaired) electrons. The maximum Gasteiger partial charge on any atom is 0.454 e. The number of ether oxygens (including phenoxy) is 1. The maximum atomic E-state index is 13.2. The van der Waals surface area contributed by atoms with E-state index in [0.29, 0.717) is 16.8 Å². The highest BCUT2D eigenvalue weighted by molar-refractivity contribution is 9.10. The third kappa shape index (κ3) is 3.84. The lowest BCUT2D eigenvalue weighted by Gasteiger charge is -2.25. The molecule has 0 amide bonds. The van der Waals surface area contributed by atoms with Gasteiger partial charge in [0.2, 0.25) is 0 Å². The van der Waals surface area contributed by atoms with Crippen molar-refractivity contribution in [2.75, 3.05) is 6.61 Å². The van der Waals surface area contributed by atoms with Crippen LogP contribution in [0.15, 0.2) is 22.7 Å². The molecule has 0 saturated carbocycles. The Bertz CT molecular complexity index is 462. The Morgan fingerprint density at radius 1 is 1.20 bits per heavy atom. The van der Waals surface area contributed by atoms with E-state index in [1.54, 1.807) is 0 Å². The van der Waals surface area contributed by atoms with Gasteiger partial charge in [0.15, 0.2) is 0 Å². The summed E-state index contributed by atoms with van der Waals surface area (Å²) in [6.45, 7) is 2.31. The first-order valence-electron chi connectivity index (χ1n) is 5.62. The summed E-state index contributed by atoms with van der Waals surface area (Å²) >= 11 is 5.51. The minimum atomic E-state index is -5.62. The van der Waals surface area contributed by atoms with E-state index in [1.165, 1.54) is 18.2 Å². The summed E-state index contributed by atoms with van der Waals surface area (Å²) in [5.74, 6) is -4.47. The van der Waals surface area contributed by atoms with Crippen LogP contribution in [0.3, 0.4) is 0 Å². The van der Waals surface area contributed by atoms with Crippen LogP contribution >= 0.6 is 31.9 Å². The number of rotatable bonds is 5. The standard InChI is InChI=1S/C12H11Br2F5O/c1-2-5-20-9-4-3-7(6-8(9)13)10(14)11(15,16)12(17,18)19/h3-4,6,10H,2,5H2,1H3. The van der Waals surface area contributed by atoms with E-state index in [0.717, 1.165) is 6.42 Å². The quantitative estimate of drug-likeness (QED) is 0.423. The van der Waals surface area contributed by atoms with Gasteiger partial charge in [0.25, 0.3) is 0 Å². The van der Waals surface area contributed by atoms with Crippen molar-refractivity contribution in [1.29, 1.82) is 0 Å². The van der Waals surface area contributed by atoms with Gasteiger partial charge in [-0.15, -0.1) is 0 Å². The summed E-state index contributed by atoms with van der Waals surface area (Å²) in [6.07, 6.45) is -4.87. The van der Waals surface area contributed by atoms with Crippen molar-refractivity contribution in [2.24, 2.45) is 0 Å². The monoisotopic (exact) mass is 424 g/mol. The summed E-state index contributed by atoms with van der Waals surface area (Å²) < 4.78 is 69.0. The van der Waals surface area contributed by atoms with Gasteiger partial charge in [0, 0.05) is 0 Å². The van der Waals surface area contributed by atoms with Crippen LogP contribution in [-0.4, -0.2) is 18.7 Å². The van der Waals surface area contributed by atoms with Crippen LogP contribution in [-0.2, 0) is 0 Å². The number of benzene rings is 1. The molecule has 8 heteroatoms. The summed E-state index contributed by atoms with van der Waals surface area (Å²) in [4.78, 5) is -2.16. The van der Waals surface area contributed by atoms with Gasteiger partial charge in [0.1, 0.15) is 10.6 Å². The van der Waals surface area contributed by atoms with Crippen LogP contribution in [0.5, 0.6) is 5.75 Å². The second-order valence-corrected chi connectivity index (χ2v) is 5.79. The van der Waals surface area contributed by atoms with Gasteiger partial charge in [-0.05, 0) is 40.0 Å². The fourth-order valence-corrected chi connectivity index (χ4v) is 2.41. The molecule has 1 unspecified atom stereocenters. The Labute approximate surface area is 129 Å². The van der Waals surface area contributed by atoms with Gasteiger partial charge >= 0.3 is 12.1 Å². The summed E-state index contributed by atoms with van der Waals surface area (Å²) in [6, 6.07) is 3.72. The van der Waals surface area contributed by atoms with E-state index in [4.69, 9.17) is 4.74 Å². The molecule has 20 heavy (non-hydrogen) atoms. The van der Waals surface area contributed by atoms with Gasteiger partial charge in [-0.25, -0.2) is 0 Å². The minimum Gasteiger partial charge on any atom is -0.492 e. The zero-order valence-corrected chi connectivity index (χ0v) is 13.4. The van der Waals surface area contributed by atoms with E-state index in [1.807, 2.05) is 6.92 Å². The highest BCUT2D eigenvalue weighted by Gasteiger charge is 2.62. The molecule has 0 saturated heterocycles. The van der Waals surface area contributed by atoms with Crippen molar-refractivity contribution in [3.05, 3.63) is 28.2 Å². The third-order valence-corrected chi connectivity index (χ3v) is 4.13. The predicted octanol–water partition coefficient (Wildman–Crippen LogP) is 5.87. The molecule has 1 aromatic carbocycles. The molecule has 0 heterocycles. The van der Waals surface area contributed by atoms with E-state index < -0.39 is 16.9 Å². The van der Waals surface area contributed by atoms with Crippen molar-refractivity contribution < 1.29 is 26.7 Å². The first-order chi connectivity index (χ1) is 9.11. The molecule has 114 valence electrons. The topological polar surface area (TPSA) is 9.23 Å². The van der Waals surface area contributed by atoms with Gasteiger partial charge in [0.05, 0.1) is 11.1 Å². The average molecular weight is 426 g/mol. The van der Waals surface area contributed by atoms with Crippen LogP contribution in [0.1, 0.15) is 23.7 Å². The predicted molar refractivity (Wildman–Crippen MR) is 72.6 cm³/mol. The molecular weight excluding hydrogens is 415 g/mol. The van der Waals surface area contributed by atoms with Crippen LogP contribution in [0, 0.1) is 0 Å². The molecule has 0 aromatic heterocycles. The summed E-state index contributed by atoms with van der Waals surface area (Å²) in [7, 11) is 0. The van der Waals surface area contributed by atoms with E-state index in [2.05, 4.69) is 31.9 Å². The van der Waals surface area contributed by atoms with Crippen molar-refractivity contribution in [3.63, 3.8) is 0 Å². The van der Waals surface area contributed by atoms with Crippen LogP contribution in [0.2, 0.25) is 0 Å². The SMILES string of the molecule is CCCOc1ccc(C(Br)C(F)(F)C(F)(F)F)cc1Br. The van der Waals surface area contributed by atoms with Gasteiger partial charge in [-0.3, -0.25) is 0 Å². The van der Waals surface area contributed by atoms with Crippen LogP contribution in [0.25, 0.3) is 0 Å². The third-order valence-electron chi connectivity index (χ3n) is 2.41. The molecule has 1 rings (SSSR count). The fourth-order valence-electron chi connectivity index (χ4n) is 1.36. The Hall–Kier alpha value is -0.370. The Morgan fingerprint density at radius 2 is 1.80 bits per heavy atom. The first-order valence-corrected chi connectivity index (χ1v) is 7.33. The van der Waals surface area contributed by atoms with E-state index >= 15 is 0 Å². The first kappa shape index (κ1) is 17.7.